The Labute approximate surface area is 104 Å². The van der Waals surface area contributed by atoms with Gasteiger partial charge in [0.05, 0.1) is 5.41 Å². The van der Waals surface area contributed by atoms with Crippen molar-refractivity contribution in [3.05, 3.63) is 35.9 Å². The fourth-order valence-corrected chi connectivity index (χ4v) is 2.78. The lowest BCUT2D eigenvalue weighted by molar-refractivity contribution is -0.134. The standard InChI is InChI=1S/C15H21NO/c1-4-16(5-2)14(17)15(11-12(15)3)13-9-7-6-8-10-13/h6-10,12H,4-5,11H2,1-3H3. The van der Waals surface area contributed by atoms with Gasteiger partial charge >= 0.3 is 0 Å². The topological polar surface area (TPSA) is 20.3 Å². The van der Waals surface area contributed by atoms with Gasteiger partial charge in [-0.3, -0.25) is 4.79 Å². The highest BCUT2D eigenvalue weighted by molar-refractivity contribution is 5.92. The number of rotatable bonds is 4. The molecule has 2 unspecified atom stereocenters. The molecule has 0 N–H and O–H groups in total. The highest BCUT2D eigenvalue weighted by atomic mass is 16.2. The Kier molecular flexibility index (Phi) is 3.23. The first-order chi connectivity index (χ1) is 8.16. The molecule has 1 fully saturated rings. The zero-order valence-corrected chi connectivity index (χ0v) is 10.9. The van der Waals surface area contributed by atoms with Crippen LogP contribution in [0.5, 0.6) is 0 Å². The van der Waals surface area contributed by atoms with Crippen molar-refractivity contribution in [1.82, 2.24) is 4.90 Å². The van der Waals surface area contributed by atoms with Gasteiger partial charge in [0.1, 0.15) is 0 Å². The van der Waals surface area contributed by atoms with Crippen molar-refractivity contribution in [1.29, 1.82) is 0 Å². The summed E-state index contributed by atoms with van der Waals surface area (Å²) in [5.41, 5.74) is 0.956. The average Bonchev–Trinajstić information content (AvgIpc) is 3.05. The van der Waals surface area contributed by atoms with Crippen LogP contribution in [0, 0.1) is 5.92 Å². The molecular formula is C15H21NO. The summed E-state index contributed by atoms with van der Waals surface area (Å²) in [5, 5.41) is 0. The number of carbonyl (C=O) groups is 1. The van der Waals surface area contributed by atoms with Crippen molar-refractivity contribution >= 4 is 5.91 Å². The van der Waals surface area contributed by atoms with Gasteiger partial charge in [0.25, 0.3) is 0 Å². The van der Waals surface area contributed by atoms with Crippen LogP contribution < -0.4 is 0 Å². The Balaban J connectivity index is 2.31. The minimum absolute atomic E-state index is 0.229. The molecule has 2 atom stereocenters. The summed E-state index contributed by atoms with van der Waals surface area (Å²) in [7, 11) is 0. The van der Waals surface area contributed by atoms with E-state index in [1.54, 1.807) is 0 Å². The normalized spacial score (nSPS) is 26.6. The third-order valence-electron chi connectivity index (χ3n) is 4.03. The van der Waals surface area contributed by atoms with E-state index in [4.69, 9.17) is 0 Å². The lowest BCUT2D eigenvalue weighted by Crippen LogP contribution is -2.40. The second kappa shape index (κ2) is 4.52. The van der Waals surface area contributed by atoms with Crippen molar-refractivity contribution in [3.8, 4) is 0 Å². The zero-order valence-electron chi connectivity index (χ0n) is 10.9. The maximum atomic E-state index is 12.6. The number of benzene rings is 1. The monoisotopic (exact) mass is 231 g/mol. The van der Waals surface area contributed by atoms with Crippen LogP contribution in [0.3, 0.4) is 0 Å². The molecule has 1 aliphatic rings. The number of likely N-dealkylation sites (N-methyl/N-ethyl adjacent to an activating group) is 1. The maximum Gasteiger partial charge on any atom is 0.233 e. The minimum atomic E-state index is -0.229. The highest BCUT2D eigenvalue weighted by Gasteiger charge is 2.59. The predicted octanol–water partition coefficient (Wildman–Crippen LogP) is 2.83. The molecule has 1 amide bonds. The number of carbonyl (C=O) groups excluding carboxylic acids is 1. The molecular weight excluding hydrogens is 210 g/mol. The van der Waals surface area contributed by atoms with E-state index in [2.05, 4.69) is 19.1 Å². The third kappa shape index (κ3) is 1.86. The van der Waals surface area contributed by atoms with Gasteiger partial charge in [-0.2, -0.15) is 0 Å². The first kappa shape index (κ1) is 12.2. The Morgan fingerprint density at radius 3 is 2.24 bits per heavy atom. The Morgan fingerprint density at radius 1 is 1.29 bits per heavy atom. The summed E-state index contributed by atoms with van der Waals surface area (Å²) in [4.78, 5) is 14.6. The van der Waals surface area contributed by atoms with Gasteiger partial charge < -0.3 is 4.90 Å². The van der Waals surface area contributed by atoms with Crippen LogP contribution in [0.4, 0.5) is 0 Å². The number of amides is 1. The molecule has 2 nitrogen and oxygen atoms in total. The average molecular weight is 231 g/mol. The van der Waals surface area contributed by atoms with E-state index in [1.807, 2.05) is 36.9 Å². The van der Waals surface area contributed by atoms with E-state index in [1.165, 1.54) is 5.56 Å². The summed E-state index contributed by atoms with van der Waals surface area (Å²) in [6, 6.07) is 10.2. The smallest absolute Gasteiger partial charge is 0.233 e. The molecule has 0 saturated heterocycles. The number of nitrogens with zero attached hydrogens (tertiary/aromatic N) is 1. The molecule has 1 aliphatic carbocycles. The number of hydrogen-bond acceptors (Lipinski definition) is 1. The Hall–Kier alpha value is -1.31. The molecule has 1 aromatic rings. The molecule has 1 aromatic carbocycles. The molecule has 0 bridgehead atoms. The second-order valence-electron chi connectivity index (χ2n) is 4.92. The Morgan fingerprint density at radius 2 is 1.82 bits per heavy atom. The molecule has 17 heavy (non-hydrogen) atoms. The fraction of sp³-hybridized carbons (Fsp3) is 0.533. The fourth-order valence-electron chi connectivity index (χ4n) is 2.78. The van der Waals surface area contributed by atoms with Crippen LogP contribution in [-0.2, 0) is 10.2 Å². The maximum absolute atomic E-state index is 12.6. The van der Waals surface area contributed by atoms with Crippen molar-refractivity contribution in [3.63, 3.8) is 0 Å². The van der Waals surface area contributed by atoms with Gasteiger partial charge in [0.2, 0.25) is 5.91 Å². The molecule has 2 rings (SSSR count). The summed E-state index contributed by atoms with van der Waals surface area (Å²) >= 11 is 0. The first-order valence-electron chi connectivity index (χ1n) is 6.51. The van der Waals surface area contributed by atoms with Crippen molar-refractivity contribution in [2.45, 2.75) is 32.6 Å². The van der Waals surface area contributed by atoms with Crippen molar-refractivity contribution in [2.24, 2.45) is 5.92 Å². The molecule has 0 aliphatic heterocycles. The van der Waals surface area contributed by atoms with Gasteiger partial charge in [-0.1, -0.05) is 37.3 Å². The SMILES string of the molecule is CCN(CC)C(=O)C1(c2ccccc2)CC1C. The summed E-state index contributed by atoms with van der Waals surface area (Å²) < 4.78 is 0. The zero-order chi connectivity index (χ0) is 12.5. The lowest BCUT2D eigenvalue weighted by Gasteiger charge is -2.26. The molecule has 92 valence electrons. The second-order valence-corrected chi connectivity index (χ2v) is 4.92. The van der Waals surface area contributed by atoms with Gasteiger partial charge in [0, 0.05) is 13.1 Å². The van der Waals surface area contributed by atoms with E-state index < -0.39 is 0 Å². The van der Waals surface area contributed by atoms with Crippen LogP contribution in [0.15, 0.2) is 30.3 Å². The Bertz CT molecular complexity index is 397. The number of hydrogen-bond donors (Lipinski definition) is 0. The molecule has 0 radical (unpaired) electrons. The quantitative estimate of drug-likeness (QED) is 0.780. The molecule has 0 aromatic heterocycles. The minimum Gasteiger partial charge on any atom is -0.342 e. The lowest BCUT2D eigenvalue weighted by atomic mass is 9.92. The van der Waals surface area contributed by atoms with Crippen LogP contribution in [-0.4, -0.2) is 23.9 Å². The van der Waals surface area contributed by atoms with Crippen LogP contribution in [0.2, 0.25) is 0 Å². The van der Waals surface area contributed by atoms with E-state index in [9.17, 15) is 4.79 Å². The van der Waals surface area contributed by atoms with Gasteiger partial charge in [-0.05, 0) is 31.7 Å². The largest absolute Gasteiger partial charge is 0.342 e. The van der Waals surface area contributed by atoms with Gasteiger partial charge in [0.15, 0.2) is 0 Å². The highest BCUT2D eigenvalue weighted by Crippen LogP contribution is 2.55. The predicted molar refractivity (Wildman–Crippen MR) is 69.8 cm³/mol. The van der Waals surface area contributed by atoms with E-state index >= 15 is 0 Å². The summed E-state index contributed by atoms with van der Waals surface area (Å²) in [6.07, 6.45) is 0.992. The van der Waals surface area contributed by atoms with E-state index in [0.717, 1.165) is 19.5 Å². The van der Waals surface area contributed by atoms with Crippen molar-refractivity contribution in [2.75, 3.05) is 13.1 Å². The van der Waals surface area contributed by atoms with Crippen molar-refractivity contribution < 1.29 is 4.79 Å². The van der Waals surface area contributed by atoms with Crippen LogP contribution >= 0.6 is 0 Å². The van der Waals surface area contributed by atoms with E-state index in [0.29, 0.717) is 11.8 Å². The summed E-state index contributed by atoms with van der Waals surface area (Å²) in [6.45, 7) is 7.88. The summed E-state index contributed by atoms with van der Waals surface area (Å²) in [5.74, 6) is 0.777. The molecule has 0 heterocycles. The van der Waals surface area contributed by atoms with Gasteiger partial charge in [-0.15, -0.1) is 0 Å². The first-order valence-corrected chi connectivity index (χ1v) is 6.51. The van der Waals surface area contributed by atoms with Crippen LogP contribution in [0.25, 0.3) is 0 Å². The molecule has 1 saturated carbocycles. The third-order valence-corrected chi connectivity index (χ3v) is 4.03. The molecule has 2 heteroatoms. The van der Waals surface area contributed by atoms with E-state index in [-0.39, 0.29) is 5.41 Å². The molecule has 0 spiro atoms. The van der Waals surface area contributed by atoms with Gasteiger partial charge in [-0.25, -0.2) is 0 Å². The van der Waals surface area contributed by atoms with Crippen LogP contribution in [0.1, 0.15) is 32.8 Å².